The predicted molar refractivity (Wildman–Crippen MR) is 121 cm³/mol. The molecule has 3 aromatic rings. The maximum Gasteiger partial charge on any atom is 0.338 e. The van der Waals surface area contributed by atoms with Gasteiger partial charge < -0.3 is 4.74 Å². The Balaban J connectivity index is 1.96. The predicted octanol–water partition coefficient (Wildman–Crippen LogP) is 3.82. The van der Waals surface area contributed by atoms with Crippen molar-refractivity contribution in [3.05, 3.63) is 100 Å². The van der Waals surface area contributed by atoms with Crippen LogP contribution in [0.2, 0.25) is 5.02 Å². The van der Waals surface area contributed by atoms with Crippen molar-refractivity contribution >= 4 is 50.9 Å². The number of allylic oxidation sites excluding steroid dienone is 1. The van der Waals surface area contributed by atoms with Crippen LogP contribution < -0.4 is 14.9 Å². The number of rotatable bonds is 3. The summed E-state index contributed by atoms with van der Waals surface area (Å²) in [6, 6.07) is 14.1. The minimum Gasteiger partial charge on any atom is -0.466 e. The Hall–Kier alpha value is -2.48. The first-order valence-electron chi connectivity index (χ1n) is 9.01. The van der Waals surface area contributed by atoms with E-state index in [2.05, 4.69) is 20.9 Å². The molecule has 152 valence electrons. The number of benzene rings is 2. The van der Waals surface area contributed by atoms with Gasteiger partial charge in [-0.2, -0.15) is 0 Å². The molecular formula is C22H16BrClN2O3S. The number of carbonyl (C=O) groups is 1. The minimum atomic E-state index is -0.617. The Morgan fingerprint density at radius 1 is 1.20 bits per heavy atom. The molecule has 1 aromatic heterocycles. The summed E-state index contributed by atoms with van der Waals surface area (Å²) in [4.78, 5) is 31.0. The highest BCUT2D eigenvalue weighted by molar-refractivity contribution is 9.10. The zero-order valence-corrected chi connectivity index (χ0v) is 19.2. The minimum absolute atomic E-state index is 0.212. The molecule has 0 spiro atoms. The molecular weight excluding hydrogens is 488 g/mol. The quantitative estimate of drug-likeness (QED) is 0.511. The standard InChI is InChI=1S/C22H16BrClN2O3S/c1-12-18(21(28)29-2)19(14-5-7-15(23)8-6-14)26-20(27)17(30-22(26)25-12)11-13-3-9-16(24)10-4-13/h3-11,19H,1-2H3. The third-order valence-corrected chi connectivity index (χ3v) is 6.54. The van der Waals surface area contributed by atoms with Gasteiger partial charge in [-0.3, -0.25) is 9.36 Å². The van der Waals surface area contributed by atoms with Crippen molar-refractivity contribution in [3.63, 3.8) is 0 Å². The molecule has 0 fully saturated rings. The van der Waals surface area contributed by atoms with Crippen molar-refractivity contribution in [1.82, 2.24) is 4.57 Å². The first-order valence-corrected chi connectivity index (χ1v) is 11.0. The first-order chi connectivity index (χ1) is 14.4. The molecule has 1 aliphatic heterocycles. The Morgan fingerprint density at radius 2 is 1.87 bits per heavy atom. The van der Waals surface area contributed by atoms with Crippen molar-refractivity contribution in [2.75, 3.05) is 7.11 Å². The van der Waals surface area contributed by atoms with E-state index in [0.717, 1.165) is 15.6 Å². The molecule has 0 amide bonds. The lowest BCUT2D eigenvalue weighted by Gasteiger charge is -2.24. The SMILES string of the molecule is COC(=O)C1=C(C)N=c2sc(=Cc3ccc(Cl)cc3)c(=O)n2C1c1ccc(Br)cc1. The number of carbonyl (C=O) groups excluding carboxylic acids is 1. The number of fused-ring (bicyclic) bond motifs is 1. The molecule has 1 aliphatic rings. The Kier molecular flexibility index (Phi) is 5.77. The van der Waals surface area contributed by atoms with Crippen molar-refractivity contribution in [1.29, 1.82) is 0 Å². The van der Waals surface area contributed by atoms with Crippen molar-refractivity contribution in [2.45, 2.75) is 13.0 Å². The number of methoxy groups -OCH3 is 1. The average Bonchev–Trinajstić information content (AvgIpc) is 3.03. The summed E-state index contributed by atoms with van der Waals surface area (Å²) < 4.78 is 8.00. The summed E-state index contributed by atoms with van der Waals surface area (Å²) in [5, 5.41) is 0.627. The van der Waals surface area contributed by atoms with Crippen LogP contribution in [0.25, 0.3) is 6.08 Å². The van der Waals surface area contributed by atoms with Gasteiger partial charge >= 0.3 is 5.97 Å². The summed E-state index contributed by atoms with van der Waals surface area (Å²) in [5.41, 5.74) is 2.33. The van der Waals surface area contributed by atoms with Gasteiger partial charge in [0.05, 0.1) is 29.0 Å². The second-order valence-corrected chi connectivity index (χ2v) is 9.04. The van der Waals surface area contributed by atoms with Crippen LogP contribution in [0.5, 0.6) is 0 Å². The van der Waals surface area contributed by atoms with Gasteiger partial charge in [-0.1, -0.05) is 63.1 Å². The molecule has 0 saturated carbocycles. The highest BCUT2D eigenvalue weighted by Gasteiger charge is 2.32. The van der Waals surface area contributed by atoms with E-state index in [4.69, 9.17) is 16.3 Å². The van der Waals surface area contributed by atoms with Crippen LogP contribution in [-0.2, 0) is 9.53 Å². The van der Waals surface area contributed by atoms with Crippen LogP contribution >= 0.6 is 38.9 Å². The second kappa shape index (κ2) is 8.34. The summed E-state index contributed by atoms with van der Waals surface area (Å²) in [6.07, 6.45) is 1.80. The van der Waals surface area contributed by atoms with Crippen LogP contribution in [0.3, 0.4) is 0 Å². The number of hydrogen-bond acceptors (Lipinski definition) is 5. The molecule has 0 bridgehead atoms. The second-order valence-electron chi connectivity index (χ2n) is 6.68. The molecule has 0 saturated heterocycles. The van der Waals surface area contributed by atoms with E-state index in [9.17, 15) is 9.59 Å². The monoisotopic (exact) mass is 502 g/mol. The highest BCUT2D eigenvalue weighted by atomic mass is 79.9. The van der Waals surface area contributed by atoms with Crippen molar-refractivity contribution < 1.29 is 9.53 Å². The molecule has 0 aliphatic carbocycles. The zero-order chi connectivity index (χ0) is 21.4. The number of ether oxygens (including phenoxy) is 1. The number of halogens is 2. The molecule has 4 rings (SSSR count). The van der Waals surface area contributed by atoms with Gasteiger partial charge in [0.2, 0.25) is 0 Å². The van der Waals surface area contributed by atoms with E-state index >= 15 is 0 Å². The molecule has 0 radical (unpaired) electrons. The fraction of sp³-hybridized carbons (Fsp3) is 0.136. The molecule has 2 heterocycles. The van der Waals surface area contributed by atoms with Gasteiger partial charge in [-0.15, -0.1) is 0 Å². The van der Waals surface area contributed by atoms with E-state index < -0.39 is 12.0 Å². The van der Waals surface area contributed by atoms with Crippen LogP contribution in [0, 0.1) is 0 Å². The maximum absolute atomic E-state index is 13.4. The van der Waals surface area contributed by atoms with Crippen molar-refractivity contribution in [3.8, 4) is 0 Å². The molecule has 5 nitrogen and oxygen atoms in total. The molecule has 2 aromatic carbocycles. The van der Waals surface area contributed by atoms with Gasteiger partial charge in [0.15, 0.2) is 4.80 Å². The first kappa shape index (κ1) is 20.8. The topological polar surface area (TPSA) is 60.7 Å². The van der Waals surface area contributed by atoms with E-state index in [-0.39, 0.29) is 5.56 Å². The number of nitrogens with zero attached hydrogens (tertiary/aromatic N) is 2. The lowest BCUT2D eigenvalue weighted by molar-refractivity contribution is -0.136. The Morgan fingerprint density at radius 3 is 2.50 bits per heavy atom. The summed E-state index contributed by atoms with van der Waals surface area (Å²) in [5.74, 6) is -0.504. The zero-order valence-electron chi connectivity index (χ0n) is 16.1. The fourth-order valence-corrected chi connectivity index (χ4v) is 4.80. The summed E-state index contributed by atoms with van der Waals surface area (Å²) in [6.45, 7) is 1.76. The molecule has 1 atom stereocenters. The summed E-state index contributed by atoms with van der Waals surface area (Å²) >= 11 is 10.7. The van der Waals surface area contributed by atoms with E-state index in [1.165, 1.54) is 18.4 Å². The maximum atomic E-state index is 13.4. The number of thiazole rings is 1. The van der Waals surface area contributed by atoms with Gasteiger partial charge in [-0.05, 0) is 48.4 Å². The highest BCUT2D eigenvalue weighted by Crippen LogP contribution is 2.31. The summed E-state index contributed by atoms with van der Waals surface area (Å²) in [7, 11) is 1.33. The largest absolute Gasteiger partial charge is 0.466 e. The lowest BCUT2D eigenvalue weighted by atomic mass is 9.96. The molecule has 30 heavy (non-hydrogen) atoms. The van der Waals surface area contributed by atoms with E-state index in [1.54, 1.807) is 29.7 Å². The third-order valence-electron chi connectivity index (χ3n) is 4.78. The van der Waals surface area contributed by atoms with Crippen LogP contribution in [0.15, 0.2) is 74.1 Å². The fourth-order valence-electron chi connectivity index (χ4n) is 3.36. The third kappa shape index (κ3) is 3.80. The van der Waals surface area contributed by atoms with Crippen molar-refractivity contribution in [2.24, 2.45) is 4.99 Å². The number of aromatic nitrogens is 1. The smallest absolute Gasteiger partial charge is 0.338 e. The van der Waals surface area contributed by atoms with Crippen LogP contribution in [-0.4, -0.2) is 17.6 Å². The van der Waals surface area contributed by atoms with Gasteiger partial charge in [-0.25, -0.2) is 9.79 Å². The normalized spacial score (nSPS) is 16.3. The molecule has 8 heteroatoms. The average molecular weight is 504 g/mol. The van der Waals surface area contributed by atoms with Crippen LogP contribution in [0.1, 0.15) is 24.1 Å². The van der Waals surface area contributed by atoms with Gasteiger partial charge in [0.1, 0.15) is 0 Å². The number of esters is 1. The van der Waals surface area contributed by atoms with Gasteiger partial charge in [0.25, 0.3) is 5.56 Å². The van der Waals surface area contributed by atoms with E-state index in [0.29, 0.717) is 25.6 Å². The molecule has 1 unspecified atom stereocenters. The number of hydrogen-bond donors (Lipinski definition) is 0. The Labute approximate surface area is 189 Å². The van der Waals surface area contributed by atoms with Gasteiger partial charge in [0, 0.05) is 9.50 Å². The van der Waals surface area contributed by atoms with E-state index in [1.807, 2.05) is 36.4 Å². The molecule has 0 N–H and O–H groups in total. The van der Waals surface area contributed by atoms with Crippen LogP contribution in [0.4, 0.5) is 0 Å². The Bertz CT molecular complexity index is 1340. The lowest BCUT2D eigenvalue weighted by Crippen LogP contribution is -2.39.